The summed E-state index contributed by atoms with van der Waals surface area (Å²) in [5.74, 6) is -0.579. The van der Waals surface area contributed by atoms with Crippen LogP contribution in [0.5, 0.6) is 0 Å². The maximum Gasteiger partial charge on any atom is 0.325 e. The first-order chi connectivity index (χ1) is 9.95. The van der Waals surface area contributed by atoms with E-state index in [1.165, 1.54) is 11.0 Å². The molecular weight excluding hydrogens is 266 g/mol. The summed E-state index contributed by atoms with van der Waals surface area (Å²) in [4.78, 5) is 25.3. The molecule has 21 heavy (non-hydrogen) atoms. The Kier molecular flexibility index (Phi) is 6.66. The van der Waals surface area contributed by atoms with E-state index in [4.69, 9.17) is 4.74 Å². The van der Waals surface area contributed by atoms with Gasteiger partial charge in [-0.25, -0.2) is 0 Å². The van der Waals surface area contributed by atoms with Crippen LogP contribution in [0.15, 0.2) is 30.3 Å². The van der Waals surface area contributed by atoms with Crippen LogP contribution in [0.4, 0.5) is 0 Å². The topological polar surface area (TPSA) is 46.6 Å². The van der Waals surface area contributed by atoms with Crippen molar-refractivity contribution in [2.24, 2.45) is 0 Å². The van der Waals surface area contributed by atoms with Gasteiger partial charge in [-0.3, -0.25) is 9.59 Å². The van der Waals surface area contributed by atoms with Crippen molar-refractivity contribution in [3.05, 3.63) is 41.5 Å². The Hall–Kier alpha value is -2.10. The highest BCUT2D eigenvalue weighted by Crippen LogP contribution is 2.10. The summed E-state index contributed by atoms with van der Waals surface area (Å²) in [6.45, 7) is 7.78. The van der Waals surface area contributed by atoms with E-state index in [1.54, 1.807) is 13.0 Å². The molecule has 0 atom stereocenters. The molecule has 4 nitrogen and oxygen atoms in total. The minimum atomic E-state index is -0.385. The van der Waals surface area contributed by atoms with Gasteiger partial charge >= 0.3 is 5.97 Å². The smallest absolute Gasteiger partial charge is 0.325 e. The number of esters is 1. The zero-order valence-corrected chi connectivity index (χ0v) is 13.1. The molecule has 0 fully saturated rings. The van der Waals surface area contributed by atoms with E-state index in [9.17, 15) is 9.59 Å². The zero-order valence-electron chi connectivity index (χ0n) is 13.1. The Morgan fingerprint density at radius 3 is 2.52 bits per heavy atom. The molecule has 0 unspecified atom stereocenters. The maximum absolute atomic E-state index is 12.2. The monoisotopic (exact) mass is 289 g/mol. The predicted molar refractivity (Wildman–Crippen MR) is 83.7 cm³/mol. The summed E-state index contributed by atoms with van der Waals surface area (Å²) in [6.07, 6.45) is 3.28. The first-order valence-electron chi connectivity index (χ1n) is 7.15. The lowest BCUT2D eigenvalue weighted by Crippen LogP contribution is -2.40. The minimum absolute atomic E-state index is 0.0253. The number of amides is 1. The molecule has 0 saturated heterocycles. The lowest BCUT2D eigenvalue weighted by Gasteiger charge is -2.24. The van der Waals surface area contributed by atoms with E-state index < -0.39 is 0 Å². The van der Waals surface area contributed by atoms with Gasteiger partial charge < -0.3 is 9.64 Å². The van der Waals surface area contributed by atoms with E-state index in [-0.39, 0.29) is 24.5 Å². The standard InChI is InChI=1S/C17H23NO3/c1-5-21-17(20)12-18(13(2)3)16(19)11-10-15-9-7-6-8-14(15)4/h6-11,13H,5,12H2,1-4H3/b11-10+. The molecule has 1 aromatic rings. The molecule has 0 radical (unpaired) electrons. The molecule has 0 aromatic heterocycles. The summed E-state index contributed by atoms with van der Waals surface area (Å²) in [5.41, 5.74) is 2.09. The summed E-state index contributed by atoms with van der Waals surface area (Å²) in [6, 6.07) is 7.75. The molecule has 0 bridgehead atoms. The molecule has 0 aliphatic rings. The number of benzene rings is 1. The largest absolute Gasteiger partial charge is 0.465 e. The molecule has 0 aliphatic carbocycles. The fraction of sp³-hybridized carbons (Fsp3) is 0.412. The molecular formula is C17H23NO3. The van der Waals surface area contributed by atoms with Crippen LogP contribution in [-0.2, 0) is 14.3 Å². The number of carbonyl (C=O) groups is 2. The highest BCUT2D eigenvalue weighted by molar-refractivity contribution is 5.94. The Labute approximate surface area is 126 Å². The molecule has 0 aliphatic heterocycles. The number of nitrogens with zero attached hydrogens (tertiary/aromatic N) is 1. The van der Waals surface area contributed by atoms with Gasteiger partial charge in [0.2, 0.25) is 5.91 Å². The predicted octanol–water partition coefficient (Wildman–Crippen LogP) is 2.81. The number of hydrogen-bond donors (Lipinski definition) is 0. The SMILES string of the molecule is CCOC(=O)CN(C(=O)/C=C/c1ccccc1C)C(C)C. The van der Waals surface area contributed by atoms with Gasteiger partial charge in [0.1, 0.15) is 6.54 Å². The van der Waals surface area contributed by atoms with Crippen LogP contribution >= 0.6 is 0 Å². The normalized spacial score (nSPS) is 10.9. The van der Waals surface area contributed by atoms with E-state index in [2.05, 4.69) is 0 Å². The number of ether oxygens (including phenoxy) is 1. The zero-order chi connectivity index (χ0) is 15.8. The molecule has 1 amide bonds. The lowest BCUT2D eigenvalue weighted by molar-refractivity contribution is -0.148. The van der Waals surface area contributed by atoms with E-state index in [0.717, 1.165) is 11.1 Å². The molecule has 0 heterocycles. The second-order valence-electron chi connectivity index (χ2n) is 5.05. The van der Waals surface area contributed by atoms with Crippen molar-refractivity contribution in [3.63, 3.8) is 0 Å². The Bertz CT molecular complexity index is 521. The third kappa shape index (κ3) is 5.42. The first-order valence-corrected chi connectivity index (χ1v) is 7.15. The minimum Gasteiger partial charge on any atom is -0.465 e. The van der Waals surface area contributed by atoms with Crippen molar-refractivity contribution in [2.45, 2.75) is 33.7 Å². The summed E-state index contributed by atoms with van der Waals surface area (Å²) >= 11 is 0. The van der Waals surface area contributed by atoms with Gasteiger partial charge in [0.15, 0.2) is 0 Å². The van der Waals surface area contributed by atoms with Crippen LogP contribution in [0.1, 0.15) is 31.9 Å². The van der Waals surface area contributed by atoms with E-state index in [1.807, 2.05) is 45.0 Å². The molecule has 4 heteroatoms. The highest BCUT2D eigenvalue weighted by Gasteiger charge is 2.18. The molecule has 1 rings (SSSR count). The van der Waals surface area contributed by atoms with Crippen LogP contribution in [-0.4, -0.2) is 36.0 Å². The van der Waals surface area contributed by atoms with Gasteiger partial charge in [0.05, 0.1) is 6.61 Å². The fourth-order valence-electron chi connectivity index (χ4n) is 1.89. The van der Waals surface area contributed by atoms with Crippen LogP contribution in [0.25, 0.3) is 6.08 Å². The second-order valence-corrected chi connectivity index (χ2v) is 5.05. The lowest BCUT2D eigenvalue weighted by atomic mass is 10.1. The fourth-order valence-corrected chi connectivity index (χ4v) is 1.89. The maximum atomic E-state index is 12.2. The van der Waals surface area contributed by atoms with Gasteiger partial charge in [0.25, 0.3) is 0 Å². The Morgan fingerprint density at radius 1 is 1.29 bits per heavy atom. The van der Waals surface area contributed by atoms with Crippen molar-refractivity contribution in [1.82, 2.24) is 4.90 Å². The first kappa shape index (κ1) is 17.0. The van der Waals surface area contributed by atoms with Gasteiger partial charge in [-0.05, 0) is 44.9 Å². The quantitative estimate of drug-likeness (QED) is 0.597. The van der Waals surface area contributed by atoms with Gasteiger partial charge in [0, 0.05) is 12.1 Å². The number of rotatable bonds is 6. The van der Waals surface area contributed by atoms with Gasteiger partial charge in [-0.2, -0.15) is 0 Å². The number of carbonyl (C=O) groups excluding carboxylic acids is 2. The number of hydrogen-bond acceptors (Lipinski definition) is 3. The van der Waals surface area contributed by atoms with Crippen molar-refractivity contribution in [2.75, 3.05) is 13.2 Å². The van der Waals surface area contributed by atoms with Crippen LogP contribution in [0.3, 0.4) is 0 Å². The summed E-state index contributed by atoms with van der Waals surface area (Å²) in [5, 5.41) is 0. The van der Waals surface area contributed by atoms with Crippen molar-refractivity contribution >= 4 is 18.0 Å². The average molecular weight is 289 g/mol. The highest BCUT2D eigenvalue weighted by atomic mass is 16.5. The third-order valence-corrected chi connectivity index (χ3v) is 3.11. The molecule has 0 saturated carbocycles. The third-order valence-electron chi connectivity index (χ3n) is 3.11. The van der Waals surface area contributed by atoms with Crippen molar-refractivity contribution in [1.29, 1.82) is 0 Å². The van der Waals surface area contributed by atoms with Crippen LogP contribution in [0, 0.1) is 6.92 Å². The van der Waals surface area contributed by atoms with E-state index >= 15 is 0 Å². The molecule has 0 spiro atoms. The Balaban J connectivity index is 2.78. The van der Waals surface area contributed by atoms with Gasteiger partial charge in [-0.1, -0.05) is 24.3 Å². The molecule has 114 valence electrons. The van der Waals surface area contributed by atoms with E-state index in [0.29, 0.717) is 6.61 Å². The Morgan fingerprint density at radius 2 is 1.95 bits per heavy atom. The van der Waals surface area contributed by atoms with Crippen LogP contribution < -0.4 is 0 Å². The summed E-state index contributed by atoms with van der Waals surface area (Å²) < 4.78 is 4.90. The van der Waals surface area contributed by atoms with Crippen LogP contribution in [0.2, 0.25) is 0 Å². The molecule has 0 N–H and O–H groups in total. The van der Waals surface area contributed by atoms with Crippen molar-refractivity contribution in [3.8, 4) is 0 Å². The summed E-state index contributed by atoms with van der Waals surface area (Å²) in [7, 11) is 0. The average Bonchev–Trinajstić information content (AvgIpc) is 2.43. The second kappa shape index (κ2) is 8.25. The number of aryl methyl sites for hydroxylation is 1. The van der Waals surface area contributed by atoms with Crippen molar-refractivity contribution < 1.29 is 14.3 Å². The molecule has 1 aromatic carbocycles. The van der Waals surface area contributed by atoms with Gasteiger partial charge in [-0.15, -0.1) is 0 Å².